The number of ether oxygens (including phenoxy) is 1. The molecule has 1 saturated heterocycles. The van der Waals surface area contributed by atoms with Crippen LogP contribution in [0.15, 0.2) is 48.8 Å². The lowest BCUT2D eigenvalue weighted by Gasteiger charge is -2.11. The summed E-state index contributed by atoms with van der Waals surface area (Å²) in [5.74, 6) is -0.101. The van der Waals surface area contributed by atoms with E-state index in [1.807, 2.05) is 36.4 Å². The molecule has 4 heteroatoms. The van der Waals surface area contributed by atoms with E-state index >= 15 is 0 Å². The number of nitrogens with one attached hydrogen (secondary N) is 1. The van der Waals surface area contributed by atoms with Crippen molar-refractivity contribution in [2.45, 2.75) is 18.9 Å². The number of carbonyl (C=O) groups excluding carboxylic acids is 1. The van der Waals surface area contributed by atoms with Gasteiger partial charge >= 0.3 is 0 Å². The van der Waals surface area contributed by atoms with Crippen LogP contribution in [0.5, 0.6) is 0 Å². The molecule has 108 valence electrons. The van der Waals surface area contributed by atoms with Crippen molar-refractivity contribution in [2.75, 3.05) is 13.2 Å². The maximum Gasteiger partial charge on any atom is 0.252 e. The first-order valence-corrected chi connectivity index (χ1v) is 7.23. The molecule has 0 bridgehead atoms. The van der Waals surface area contributed by atoms with Gasteiger partial charge in [-0.2, -0.15) is 0 Å². The fraction of sp³-hybridized carbons (Fsp3) is 0.294. The Morgan fingerprint density at radius 2 is 2.10 bits per heavy atom. The number of amides is 1. The summed E-state index contributed by atoms with van der Waals surface area (Å²) in [7, 11) is 0. The molecule has 0 spiro atoms. The van der Waals surface area contributed by atoms with Crippen molar-refractivity contribution in [3.63, 3.8) is 0 Å². The number of hydrogen-bond acceptors (Lipinski definition) is 3. The Morgan fingerprint density at radius 3 is 2.86 bits per heavy atom. The molecule has 1 amide bonds. The lowest BCUT2D eigenvalue weighted by molar-refractivity contribution is 0.0857. The van der Waals surface area contributed by atoms with Crippen LogP contribution >= 0.6 is 0 Å². The van der Waals surface area contributed by atoms with Crippen molar-refractivity contribution in [1.82, 2.24) is 10.3 Å². The summed E-state index contributed by atoms with van der Waals surface area (Å²) in [6, 6.07) is 11.8. The number of carbonyl (C=O) groups is 1. The van der Waals surface area contributed by atoms with Crippen LogP contribution in [0, 0.1) is 0 Å². The molecule has 1 unspecified atom stereocenters. The van der Waals surface area contributed by atoms with Crippen molar-refractivity contribution in [2.24, 2.45) is 0 Å². The van der Waals surface area contributed by atoms with Gasteiger partial charge < -0.3 is 10.1 Å². The van der Waals surface area contributed by atoms with Gasteiger partial charge in [0.2, 0.25) is 0 Å². The first kappa shape index (κ1) is 13.8. The van der Waals surface area contributed by atoms with Crippen LogP contribution in [0.2, 0.25) is 0 Å². The standard InChI is InChI=1S/C17H18N2O2/c20-17(19-12-16-7-4-8-21-16)15-9-14(10-18-11-15)13-5-2-1-3-6-13/h1-3,5-6,9-11,16H,4,7-8,12H2,(H,19,20). The third kappa shape index (κ3) is 3.47. The van der Waals surface area contributed by atoms with Gasteiger partial charge in [-0.3, -0.25) is 9.78 Å². The predicted molar refractivity (Wildman–Crippen MR) is 81.0 cm³/mol. The van der Waals surface area contributed by atoms with Crippen molar-refractivity contribution in [1.29, 1.82) is 0 Å². The molecule has 1 aromatic carbocycles. The van der Waals surface area contributed by atoms with Crippen LogP contribution in [0.3, 0.4) is 0 Å². The van der Waals surface area contributed by atoms with Crippen molar-refractivity contribution in [3.05, 3.63) is 54.4 Å². The number of benzene rings is 1. The molecular weight excluding hydrogens is 264 g/mol. The van der Waals surface area contributed by atoms with Crippen molar-refractivity contribution in [3.8, 4) is 11.1 Å². The smallest absolute Gasteiger partial charge is 0.252 e. The van der Waals surface area contributed by atoms with E-state index in [9.17, 15) is 4.79 Å². The quantitative estimate of drug-likeness (QED) is 0.938. The topological polar surface area (TPSA) is 51.2 Å². The number of nitrogens with zero attached hydrogens (tertiary/aromatic N) is 1. The third-order valence-corrected chi connectivity index (χ3v) is 3.62. The summed E-state index contributed by atoms with van der Waals surface area (Å²) in [5.41, 5.74) is 2.58. The maximum absolute atomic E-state index is 12.2. The minimum absolute atomic E-state index is 0.101. The minimum Gasteiger partial charge on any atom is -0.376 e. The highest BCUT2D eigenvalue weighted by atomic mass is 16.5. The van der Waals surface area contributed by atoms with E-state index in [0.717, 1.165) is 30.6 Å². The zero-order valence-corrected chi connectivity index (χ0v) is 11.8. The van der Waals surface area contributed by atoms with Gasteiger partial charge in [0.25, 0.3) is 5.91 Å². The van der Waals surface area contributed by atoms with Crippen LogP contribution < -0.4 is 5.32 Å². The van der Waals surface area contributed by atoms with Gasteiger partial charge in [-0.05, 0) is 24.5 Å². The molecule has 1 atom stereocenters. The Bertz CT molecular complexity index is 607. The normalized spacial score (nSPS) is 17.6. The largest absolute Gasteiger partial charge is 0.376 e. The molecule has 0 aliphatic carbocycles. The zero-order chi connectivity index (χ0) is 14.5. The highest BCUT2D eigenvalue weighted by Gasteiger charge is 2.16. The molecule has 0 radical (unpaired) electrons. The number of hydrogen-bond donors (Lipinski definition) is 1. The molecule has 3 rings (SSSR count). The fourth-order valence-corrected chi connectivity index (χ4v) is 2.47. The van der Waals surface area contributed by atoms with Gasteiger partial charge in [0.05, 0.1) is 11.7 Å². The molecule has 21 heavy (non-hydrogen) atoms. The molecule has 1 fully saturated rings. The SMILES string of the molecule is O=C(NCC1CCCO1)c1cncc(-c2ccccc2)c1. The Kier molecular flexibility index (Phi) is 4.26. The molecule has 2 heterocycles. The molecule has 1 aromatic heterocycles. The average molecular weight is 282 g/mol. The summed E-state index contributed by atoms with van der Waals surface area (Å²) >= 11 is 0. The number of rotatable bonds is 4. The summed E-state index contributed by atoms with van der Waals surface area (Å²) in [6.45, 7) is 1.36. The minimum atomic E-state index is -0.101. The van der Waals surface area contributed by atoms with E-state index in [2.05, 4.69) is 10.3 Å². The fourth-order valence-electron chi connectivity index (χ4n) is 2.47. The second-order valence-corrected chi connectivity index (χ2v) is 5.17. The van der Waals surface area contributed by atoms with Crippen LogP contribution in [-0.2, 0) is 4.74 Å². The van der Waals surface area contributed by atoms with Crippen LogP contribution in [-0.4, -0.2) is 30.1 Å². The van der Waals surface area contributed by atoms with Gasteiger partial charge in [-0.15, -0.1) is 0 Å². The van der Waals surface area contributed by atoms with Gasteiger partial charge in [0.1, 0.15) is 0 Å². The third-order valence-electron chi connectivity index (χ3n) is 3.62. The van der Waals surface area contributed by atoms with E-state index in [1.165, 1.54) is 0 Å². The van der Waals surface area contributed by atoms with E-state index in [-0.39, 0.29) is 12.0 Å². The predicted octanol–water partition coefficient (Wildman–Crippen LogP) is 2.66. The van der Waals surface area contributed by atoms with E-state index < -0.39 is 0 Å². The lowest BCUT2D eigenvalue weighted by Crippen LogP contribution is -2.31. The van der Waals surface area contributed by atoms with Gasteiger partial charge in [-0.25, -0.2) is 0 Å². The summed E-state index contributed by atoms with van der Waals surface area (Å²) in [6.07, 6.45) is 5.61. The summed E-state index contributed by atoms with van der Waals surface area (Å²) < 4.78 is 5.50. The maximum atomic E-state index is 12.2. The van der Waals surface area contributed by atoms with E-state index in [0.29, 0.717) is 12.1 Å². The lowest BCUT2D eigenvalue weighted by atomic mass is 10.1. The summed E-state index contributed by atoms with van der Waals surface area (Å²) in [4.78, 5) is 16.3. The molecule has 1 aliphatic heterocycles. The molecule has 2 aromatic rings. The van der Waals surface area contributed by atoms with Gasteiger partial charge in [0.15, 0.2) is 0 Å². The first-order valence-electron chi connectivity index (χ1n) is 7.23. The highest BCUT2D eigenvalue weighted by Crippen LogP contribution is 2.18. The summed E-state index contributed by atoms with van der Waals surface area (Å²) in [5, 5.41) is 2.92. The highest BCUT2D eigenvalue weighted by molar-refractivity contribution is 5.95. The number of aromatic nitrogens is 1. The Balaban J connectivity index is 1.69. The molecular formula is C17H18N2O2. The van der Waals surface area contributed by atoms with Crippen molar-refractivity contribution < 1.29 is 9.53 Å². The Hall–Kier alpha value is -2.20. The van der Waals surface area contributed by atoms with Crippen molar-refractivity contribution >= 4 is 5.91 Å². The van der Waals surface area contributed by atoms with Crippen LogP contribution in [0.1, 0.15) is 23.2 Å². The van der Waals surface area contributed by atoms with Gasteiger partial charge in [-0.1, -0.05) is 30.3 Å². The van der Waals surface area contributed by atoms with Crippen LogP contribution in [0.4, 0.5) is 0 Å². The van der Waals surface area contributed by atoms with Crippen LogP contribution in [0.25, 0.3) is 11.1 Å². The first-order chi connectivity index (χ1) is 10.3. The van der Waals surface area contributed by atoms with Gasteiger partial charge in [0, 0.05) is 31.1 Å². The number of pyridine rings is 1. The Morgan fingerprint density at radius 1 is 1.24 bits per heavy atom. The second kappa shape index (κ2) is 6.50. The molecule has 1 N–H and O–H groups in total. The monoisotopic (exact) mass is 282 g/mol. The molecule has 1 aliphatic rings. The molecule has 4 nitrogen and oxygen atoms in total. The average Bonchev–Trinajstić information content (AvgIpc) is 3.07. The van der Waals surface area contributed by atoms with E-state index in [1.54, 1.807) is 12.4 Å². The van der Waals surface area contributed by atoms with E-state index in [4.69, 9.17) is 4.74 Å². The zero-order valence-electron chi connectivity index (χ0n) is 11.8. The second-order valence-electron chi connectivity index (χ2n) is 5.17. The Labute approximate surface area is 124 Å². The molecule has 0 saturated carbocycles.